The van der Waals surface area contributed by atoms with E-state index >= 15 is 0 Å². The fourth-order valence-electron chi connectivity index (χ4n) is 1.66. The molecule has 3 nitrogen and oxygen atoms in total. The van der Waals surface area contributed by atoms with Crippen LogP contribution in [0, 0.1) is 0 Å². The summed E-state index contributed by atoms with van der Waals surface area (Å²) in [6.45, 7) is 4.20. The molecular weight excluding hydrogens is 222 g/mol. The Morgan fingerprint density at radius 2 is 1.94 bits per heavy atom. The Hall–Kier alpha value is -1.35. The molecule has 0 aliphatic rings. The highest BCUT2D eigenvalue weighted by atomic mass is 35.5. The Kier molecular flexibility index (Phi) is 2.97. The summed E-state index contributed by atoms with van der Waals surface area (Å²) in [6.07, 6.45) is 0. The van der Waals surface area contributed by atoms with Crippen molar-refractivity contribution in [3.8, 4) is 11.4 Å². The van der Waals surface area contributed by atoms with Crippen molar-refractivity contribution in [3.05, 3.63) is 35.1 Å². The van der Waals surface area contributed by atoms with Crippen molar-refractivity contribution < 1.29 is 0 Å². The maximum Gasteiger partial charge on any atom is 0.182 e. The number of hydrogen-bond acceptors (Lipinski definition) is 2. The minimum Gasteiger partial charge on any atom is -0.252 e. The molecule has 0 unspecified atom stereocenters. The molecule has 1 aromatic heterocycles. The topological polar surface area (TPSA) is 30.7 Å². The highest BCUT2D eigenvalue weighted by Gasteiger charge is 2.13. The van der Waals surface area contributed by atoms with Crippen LogP contribution in [0.25, 0.3) is 11.4 Å². The standard InChI is InChI=1S/C12H14ClN3/c1-8(2)12-14-11(15-16(12)3)9-6-4-5-7-10(9)13/h4-8H,1-3H3. The number of benzene rings is 1. The van der Waals surface area contributed by atoms with E-state index in [-0.39, 0.29) is 0 Å². The average molecular weight is 236 g/mol. The van der Waals surface area contributed by atoms with E-state index in [0.29, 0.717) is 16.8 Å². The number of aromatic nitrogens is 3. The van der Waals surface area contributed by atoms with E-state index in [4.69, 9.17) is 11.6 Å². The molecule has 0 aliphatic heterocycles. The van der Waals surface area contributed by atoms with Gasteiger partial charge in [0.2, 0.25) is 0 Å². The monoisotopic (exact) mass is 235 g/mol. The van der Waals surface area contributed by atoms with Gasteiger partial charge in [-0.25, -0.2) is 4.98 Å². The first-order chi connectivity index (χ1) is 7.59. The molecule has 0 spiro atoms. The van der Waals surface area contributed by atoms with E-state index in [0.717, 1.165) is 11.4 Å². The lowest BCUT2D eigenvalue weighted by atomic mass is 10.2. The smallest absolute Gasteiger partial charge is 0.182 e. The maximum atomic E-state index is 6.11. The second kappa shape index (κ2) is 4.26. The van der Waals surface area contributed by atoms with Gasteiger partial charge in [0.25, 0.3) is 0 Å². The Morgan fingerprint density at radius 3 is 2.50 bits per heavy atom. The molecule has 0 aliphatic carbocycles. The molecular formula is C12H14ClN3. The summed E-state index contributed by atoms with van der Waals surface area (Å²) in [5.41, 5.74) is 0.881. The quantitative estimate of drug-likeness (QED) is 0.800. The van der Waals surface area contributed by atoms with E-state index < -0.39 is 0 Å². The molecule has 1 aromatic carbocycles. The molecule has 0 saturated carbocycles. The lowest BCUT2D eigenvalue weighted by molar-refractivity contribution is 0.655. The molecule has 0 fully saturated rings. The van der Waals surface area contributed by atoms with Crippen LogP contribution in [-0.2, 0) is 7.05 Å². The Balaban J connectivity index is 2.50. The maximum absolute atomic E-state index is 6.11. The highest BCUT2D eigenvalue weighted by molar-refractivity contribution is 6.33. The van der Waals surface area contributed by atoms with Gasteiger partial charge in [-0.15, -0.1) is 0 Å². The molecule has 84 valence electrons. The van der Waals surface area contributed by atoms with Gasteiger partial charge in [0.05, 0.1) is 5.02 Å². The summed E-state index contributed by atoms with van der Waals surface area (Å²) in [5, 5.41) is 5.07. The van der Waals surface area contributed by atoms with Crippen LogP contribution in [0.2, 0.25) is 5.02 Å². The van der Waals surface area contributed by atoms with Crippen LogP contribution < -0.4 is 0 Å². The van der Waals surface area contributed by atoms with Gasteiger partial charge in [0.15, 0.2) is 5.82 Å². The molecule has 2 aromatic rings. The molecule has 1 heterocycles. The van der Waals surface area contributed by atoms with Crippen LogP contribution in [0.3, 0.4) is 0 Å². The van der Waals surface area contributed by atoms with Crippen LogP contribution in [0.4, 0.5) is 0 Å². The summed E-state index contributed by atoms with van der Waals surface area (Å²) >= 11 is 6.11. The summed E-state index contributed by atoms with van der Waals surface area (Å²) < 4.78 is 1.81. The van der Waals surface area contributed by atoms with Crippen LogP contribution in [0.15, 0.2) is 24.3 Å². The second-order valence-corrected chi connectivity index (χ2v) is 4.46. The molecule has 0 bridgehead atoms. The molecule has 16 heavy (non-hydrogen) atoms. The summed E-state index contributed by atoms with van der Waals surface area (Å²) in [4.78, 5) is 4.51. The first kappa shape index (κ1) is 11.1. The number of halogens is 1. The van der Waals surface area contributed by atoms with Crippen LogP contribution in [0.1, 0.15) is 25.6 Å². The van der Waals surface area contributed by atoms with Crippen LogP contribution in [-0.4, -0.2) is 14.8 Å². The third kappa shape index (κ3) is 1.95. The third-order valence-corrected chi connectivity index (χ3v) is 2.76. The van der Waals surface area contributed by atoms with Gasteiger partial charge in [-0.1, -0.05) is 37.6 Å². The van der Waals surface area contributed by atoms with Crippen molar-refractivity contribution >= 4 is 11.6 Å². The van der Waals surface area contributed by atoms with E-state index in [1.165, 1.54) is 0 Å². The number of aryl methyl sites for hydroxylation is 1. The highest BCUT2D eigenvalue weighted by Crippen LogP contribution is 2.25. The van der Waals surface area contributed by atoms with Gasteiger partial charge in [-0.2, -0.15) is 5.10 Å². The fourth-order valence-corrected chi connectivity index (χ4v) is 1.88. The Bertz CT molecular complexity index is 503. The number of rotatable bonds is 2. The third-order valence-electron chi connectivity index (χ3n) is 2.43. The van der Waals surface area contributed by atoms with Gasteiger partial charge in [0.1, 0.15) is 5.82 Å². The van der Waals surface area contributed by atoms with Crippen molar-refractivity contribution in [3.63, 3.8) is 0 Å². The molecule has 0 saturated heterocycles. The predicted molar refractivity (Wildman–Crippen MR) is 65.5 cm³/mol. The molecule has 0 atom stereocenters. The minimum absolute atomic E-state index is 0.355. The van der Waals surface area contributed by atoms with Crippen molar-refractivity contribution in [1.29, 1.82) is 0 Å². The SMILES string of the molecule is CC(C)c1nc(-c2ccccc2Cl)nn1C. The first-order valence-electron chi connectivity index (χ1n) is 5.25. The fraction of sp³-hybridized carbons (Fsp3) is 0.333. The van der Waals surface area contributed by atoms with Gasteiger partial charge in [0, 0.05) is 18.5 Å². The lowest BCUT2D eigenvalue weighted by Gasteiger charge is -2.00. The molecule has 0 N–H and O–H groups in total. The van der Waals surface area contributed by atoms with Gasteiger partial charge >= 0.3 is 0 Å². The zero-order valence-electron chi connectivity index (χ0n) is 9.61. The summed E-state index contributed by atoms with van der Waals surface area (Å²) in [6, 6.07) is 7.62. The predicted octanol–water partition coefficient (Wildman–Crippen LogP) is 3.26. The molecule has 2 rings (SSSR count). The van der Waals surface area contributed by atoms with Gasteiger partial charge in [-0.05, 0) is 12.1 Å². The van der Waals surface area contributed by atoms with Crippen molar-refractivity contribution in [2.45, 2.75) is 19.8 Å². The Morgan fingerprint density at radius 1 is 1.25 bits per heavy atom. The molecule has 0 radical (unpaired) electrons. The Labute approximate surface area is 100 Å². The normalized spacial score (nSPS) is 11.1. The van der Waals surface area contributed by atoms with E-state index in [9.17, 15) is 0 Å². The number of hydrogen-bond donors (Lipinski definition) is 0. The summed E-state index contributed by atoms with van der Waals surface area (Å²) in [7, 11) is 1.91. The summed E-state index contributed by atoms with van der Waals surface area (Å²) in [5.74, 6) is 2.01. The second-order valence-electron chi connectivity index (χ2n) is 4.05. The van der Waals surface area contributed by atoms with Crippen LogP contribution >= 0.6 is 11.6 Å². The van der Waals surface area contributed by atoms with E-state index in [2.05, 4.69) is 23.9 Å². The first-order valence-corrected chi connectivity index (χ1v) is 5.63. The van der Waals surface area contributed by atoms with Crippen molar-refractivity contribution in [1.82, 2.24) is 14.8 Å². The van der Waals surface area contributed by atoms with Crippen molar-refractivity contribution in [2.24, 2.45) is 7.05 Å². The van der Waals surface area contributed by atoms with Gasteiger partial charge < -0.3 is 0 Å². The zero-order chi connectivity index (χ0) is 11.7. The van der Waals surface area contributed by atoms with E-state index in [1.807, 2.05) is 36.0 Å². The molecule has 4 heteroatoms. The molecule has 0 amide bonds. The van der Waals surface area contributed by atoms with Gasteiger partial charge in [-0.3, -0.25) is 4.68 Å². The van der Waals surface area contributed by atoms with E-state index in [1.54, 1.807) is 0 Å². The lowest BCUT2D eigenvalue weighted by Crippen LogP contribution is -2.00. The number of nitrogens with zero attached hydrogens (tertiary/aromatic N) is 3. The van der Waals surface area contributed by atoms with Crippen LogP contribution in [0.5, 0.6) is 0 Å². The van der Waals surface area contributed by atoms with Crippen molar-refractivity contribution in [2.75, 3.05) is 0 Å². The average Bonchev–Trinajstić information content (AvgIpc) is 2.61. The largest absolute Gasteiger partial charge is 0.252 e. The zero-order valence-corrected chi connectivity index (χ0v) is 10.4. The minimum atomic E-state index is 0.355.